The van der Waals surface area contributed by atoms with Gasteiger partial charge in [-0.1, -0.05) is 6.92 Å². The van der Waals surface area contributed by atoms with Crippen molar-refractivity contribution in [2.45, 2.75) is 20.3 Å². The van der Waals surface area contributed by atoms with E-state index >= 15 is 0 Å². The number of amides is 3. The van der Waals surface area contributed by atoms with Crippen molar-refractivity contribution in [2.24, 2.45) is 0 Å². The smallest absolute Gasteiger partial charge is 0.269 e. The average Bonchev–Trinajstić information content (AvgIpc) is 2.65. The second kappa shape index (κ2) is 9.72. The normalized spacial score (nSPS) is 10.0. The fraction of sp³-hybridized carbons (Fsp3) is 0.211. The molecule has 8 heteroatoms. The molecule has 0 heterocycles. The summed E-state index contributed by atoms with van der Waals surface area (Å²) in [6.45, 7) is 3.99. The molecule has 2 aromatic carbocycles. The number of nitrogens with one attached hydrogen (secondary N) is 3. The fourth-order valence-corrected chi connectivity index (χ4v) is 2.63. The third-order valence-electron chi connectivity index (χ3n) is 3.41. The Balaban J connectivity index is 1.93. The lowest BCUT2D eigenvalue weighted by atomic mass is 10.2. The van der Waals surface area contributed by atoms with Gasteiger partial charge in [0.25, 0.3) is 11.8 Å². The number of carbonyl (C=O) groups is 3. The van der Waals surface area contributed by atoms with E-state index in [0.717, 1.165) is 6.42 Å². The minimum atomic E-state index is -0.473. The van der Waals surface area contributed by atoms with Crippen molar-refractivity contribution in [2.75, 3.05) is 11.9 Å². The molecular formula is C19H20BrN3O4. The zero-order chi connectivity index (χ0) is 19.8. The minimum absolute atomic E-state index is 0.197. The van der Waals surface area contributed by atoms with E-state index in [1.165, 1.54) is 6.92 Å². The third kappa shape index (κ3) is 6.10. The molecule has 0 aliphatic heterocycles. The van der Waals surface area contributed by atoms with Crippen LogP contribution < -0.4 is 20.9 Å². The van der Waals surface area contributed by atoms with E-state index in [2.05, 4.69) is 32.1 Å². The number of hydrogen-bond donors (Lipinski definition) is 3. The summed E-state index contributed by atoms with van der Waals surface area (Å²) in [5, 5.41) is 2.61. The number of anilines is 1. The van der Waals surface area contributed by atoms with Crippen molar-refractivity contribution in [1.82, 2.24) is 10.9 Å². The van der Waals surface area contributed by atoms with Gasteiger partial charge >= 0.3 is 0 Å². The molecule has 0 spiro atoms. The summed E-state index contributed by atoms with van der Waals surface area (Å²) in [4.78, 5) is 35.3. The lowest BCUT2D eigenvalue weighted by molar-refractivity contribution is -0.114. The van der Waals surface area contributed by atoms with Gasteiger partial charge in [-0.25, -0.2) is 0 Å². The van der Waals surface area contributed by atoms with Crippen molar-refractivity contribution in [3.05, 3.63) is 58.1 Å². The van der Waals surface area contributed by atoms with Crippen molar-refractivity contribution < 1.29 is 19.1 Å². The second-order valence-electron chi connectivity index (χ2n) is 5.66. The molecule has 27 heavy (non-hydrogen) atoms. The molecule has 0 saturated heterocycles. The molecule has 3 amide bonds. The van der Waals surface area contributed by atoms with Crippen molar-refractivity contribution in [3.63, 3.8) is 0 Å². The highest BCUT2D eigenvalue weighted by atomic mass is 79.9. The Morgan fingerprint density at radius 3 is 2.11 bits per heavy atom. The first-order valence-electron chi connectivity index (χ1n) is 8.31. The zero-order valence-electron chi connectivity index (χ0n) is 15.0. The van der Waals surface area contributed by atoms with E-state index in [9.17, 15) is 14.4 Å². The first kappa shape index (κ1) is 20.4. The van der Waals surface area contributed by atoms with E-state index < -0.39 is 11.8 Å². The van der Waals surface area contributed by atoms with Crippen LogP contribution in [-0.2, 0) is 4.79 Å². The van der Waals surface area contributed by atoms with Crippen molar-refractivity contribution in [1.29, 1.82) is 0 Å². The van der Waals surface area contributed by atoms with Gasteiger partial charge in [0.1, 0.15) is 5.75 Å². The van der Waals surface area contributed by atoms with Gasteiger partial charge in [0.15, 0.2) is 0 Å². The number of rotatable bonds is 6. The Morgan fingerprint density at radius 1 is 0.963 bits per heavy atom. The molecule has 0 atom stereocenters. The van der Waals surface area contributed by atoms with E-state index in [0.29, 0.717) is 33.6 Å². The van der Waals surface area contributed by atoms with E-state index in [4.69, 9.17) is 4.74 Å². The van der Waals surface area contributed by atoms with E-state index in [1.54, 1.807) is 42.5 Å². The van der Waals surface area contributed by atoms with Gasteiger partial charge in [-0.15, -0.1) is 0 Å². The van der Waals surface area contributed by atoms with E-state index in [1.807, 2.05) is 6.92 Å². The van der Waals surface area contributed by atoms with Crippen molar-refractivity contribution in [3.8, 4) is 5.75 Å². The Hall–Kier alpha value is -2.87. The molecule has 0 unspecified atom stereocenters. The molecule has 0 saturated carbocycles. The van der Waals surface area contributed by atoms with Crippen LogP contribution in [0.5, 0.6) is 5.75 Å². The first-order valence-corrected chi connectivity index (χ1v) is 9.10. The molecule has 0 radical (unpaired) electrons. The predicted octanol–water partition coefficient (Wildman–Crippen LogP) is 3.27. The van der Waals surface area contributed by atoms with Crippen LogP contribution in [0.1, 0.15) is 41.0 Å². The number of carbonyl (C=O) groups excluding carboxylic acids is 3. The van der Waals surface area contributed by atoms with Crippen LogP contribution in [0, 0.1) is 0 Å². The highest BCUT2D eigenvalue weighted by Crippen LogP contribution is 2.26. The van der Waals surface area contributed by atoms with Gasteiger partial charge in [-0.3, -0.25) is 25.2 Å². The molecule has 0 fully saturated rings. The molecule has 0 bridgehead atoms. The third-order valence-corrected chi connectivity index (χ3v) is 4.03. The Kier molecular flexibility index (Phi) is 7.36. The molecule has 0 aliphatic carbocycles. The molecule has 0 aromatic heterocycles. The van der Waals surface area contributed by atoms with Crippen LogP contribution in [0.4, 0.5) is 5.69 Å². The quantitative estimate of drug-likeness (QED) is 0.608. The summed E-state index contributed by atoms with van der Waals surface area (Å²) in [5.74, 6) is -0.478. The number of ether oxygens (including phenoxy) is 1. The summed E-state index contributed by atoms with van der Waals surface area (Å²) in [6.07, 6.45) is 0.881. The van der Waals surface area contributed by atoms with Crippen molar-refractivity contribution >= 4 is 39.3 Å². The van der Waals surface area contributed by atoms with Crippen LogP contribution in [0.2, 0.25) is 0 Å². The second-order valence-corrected chi connectivity index (χ2v) is 6.51. The summed E-state index contributed by atoms with van der Waals surface area (Å²) in [5.41, 5.74) is 6.01. The SMILES string of the molecule is CCCOc1ccc(C(=O)NNC(=O)c2ccc(NC(C)=O)cc2)cc1Br. The molecule has 3 N–H and O–H groups in total. The summed E-state index contributed by atoms with van der Waals surface area (Å²) < 4.78 is 6.19. The fourth-order valence-electron chi connectivity index (χ4n) is 2.14. The Labute approximate surface area is 165 Å². The number of hydrazine groups is 1. The molecule has 2 aromatic rings. The highest BCUT2D eigenvalue weighted by molar-refractivity contribution is 9.10. The van der Waals surface area contributed by atoms with Gasteiger partial charge in [0, 0.05) is 23.7 Å². The maximum atomic E-state index is 12.2. The predicted molar refractivity (Wildman–Crippen MR) is 106 cm³/mol. The average molecular weight is 434 g/mol. The monoisotopic (exact) mass is 433 g/mol. The van der Waals surface area contributed by atoms with Gasteiger partial charge in [-0.05, 0) is 64.8 Å². The molecule has 7 nitrogen and oxygen atoms in total. The molecular weight excluding hydrogens is 414 g/mol. The minimum Gasteiger partial charge on any atom is -0.492 e. The topological polar surface area (TPSA) is 96.5 Å². The largest absolute Gasteiger partial charge is 0.492 e. The standard InChI is InChI=1S/C19H20BrN3O4/c1-3-10-27-17-9-6-14(11-16(17)20)19(26)23-22-18(25)13-4-7-15(8-5-13)21-12(2)24/h4-9,11H,3,10H2,1-2H3,(H,21,24)(H,22,25)(H,23,26). The summed E-state index contributed by atoms with van der Waals surface area (Å²) in [7, 11) is 0. The van der Waals surface area contributed by atoms with Gasteiger partial charge in [0.05, 0.1) is 11.1 Å². The van der Waals surface area contributed by atoms with Gasteiger partial charge in [0.2, 0.25) is 5.91 Å². The van der Waals surface area contributed by atoms with Crippen LogP contribution in [0.15, 0.2) is 46.9 Å². The van der Waals surface area contributed by atoms with Crippen LogP contribution in [0.25, 0.3) is 0 Å². The van der Waals surface area contributed by atoms with Crippen LogP contribution >= 0.6 is 15.9 Å². The van der Waals surface area contributed by atoms with Gasteiger partial charge in [-0.2, -0.15) is 0 Å². The molecule has 2 rings (SSSR count). The maximum absolute atomic E-state index is 12.2. The zero-order valence-corrected chi connectivity index (χ0v) is 16.6. The summed E-state index contributed by atoms with van der Waals surface area (Å²) in [6, 6.07) is 11.2. The summed E-state index contributed by atoms with van der Waals surface area (Å²) >= 11 is 3.36. The Bertz CT molecular complexity index is 837. The highest BCUT2D eigenvalue weighted by Gasteiger charge is 2.11. The number of benzene rings is 2. The Morgan fingerprint density at radius 2 is 1.56 bits per heavy atom. The van der Waals surface area contributed by atoms with Crippen LogP contribution in [0.3, 0.4) is 0 Å². The number of halogens is 1. The van der Waals surface area contributed by atoms with Gasteiger partial charge < -0.3 is 10.1 Å². The van der Waals surface area contributed by atoms with E-state index in [-0.39, 0.29) is 5.91 Å². The first-order chi connectivity index (χ1) is 12.9. The lowest BCUT2D eigenvalue weighted by Crippen LogP contribution is -2.41. The maximum Gasteiger partial charge on any atom is 0.269 e. The molecule has 0 aliphatic rings. The van der Waals surface area contributed by atoms with Crippen LogP contribution in [-0.4, -0.2) is 24.3 Å². The number of hydrogen-bond acceptors (Lipinski definition) is 4. The molecule has 142 valence electrons. The lowest BCUT2D eigenvalue weighted by Gasteiger charge is -2.10.